The molecule has 1 amide bonds. The molecule has 16 heavy (non-hydrogen) atoms. The first-order valence-corrected chi connectivity index (χ1v) is 4.83. The van der Waals surface area contributed by atoms with Crippen molar-refractivity contribution in [3.63, 3.8) is 0 Å². The van der Waals surface area contributed by atoms with E-state index in [0.717, 1.165) is 0 Å². The van der Waals surface area contributed by atoms with E-state index in [1.165, 1.54) is 11.8 Å². The molecule has 0 spiro atoms. The molecule has 0 aliphatic heterocycles. The van der Waals surface area contributed by atoms with Gasteiger partial charge in [-0.3, -0.25) is 9.59 Å². The molecule has 0 aliphatic rings. The van der Waals surface area contributed by atoms with E-state index < -0.39 is 0 Å². The normalized spacial score (nSPS) is 9.62. The molecule has 1 rings (SSSR count). The van der Waals surface area contributed by atoms with Crippen molar-refractivity contribution in [1.82, 2.24) is 9.47 Å². The third kappa shape index (κ3) is 2.31. The first-order valence-electron chi connectivity index (χ1n) is 4.83. The van der Waals surface area contributed by atoms with Gasteiger partial charge in [0.05, 0.1) is 6.54 Å². The number of nitrogens with zero attached hydrogens (tertiary/aromatic N) is 2. The molecule has 0 bridgehead atoms. The maximum absolute atomic E-state index is 11.9. The number of rotatable bonds is 3. The molecule has 0 aromatic carbocycles. The van der Waals surface area contributed by atoms with Crippen LogP contribution < -0.4 is 0 Å². The molecule has 0 fully saturated rings. The minimum atomic E-state index is -0.187. The number of ketones is 1. The molecule has 0 aliphatic carbocycles. The van der Waals surface area contributed by atoms with Crippen molar-refractivity contribution >= 4 is 11.7 Å². The number of hydrogen-bond donors (Lipinski definition) is 0. The SMILES string of the molecule is C#CCN(C)C(=O)c1cc(C(C)=O)cn1C. The molecule has 0 unspecified atom stereocenters. The molecule has 1 aromatic heterocycles. The van der Waals surface area contributed by atoms with Crippen molar-refractivity contribution in [3.8, 4) is 12.3 Å². The fraction of sp³-hybridized carbons (Fsp3) is 0.333. The van der Waals surface area contributed by atoms with Crippen LogP contribution in [0.1, 0.15) is 27.8 Å². The van der Waals surface area contributed by atoms with Gasteiger partial charge in [0, 0.05) is 25.9 Å². The van der Waals surface area contributed by atoms with Gasteiger partial charge in [0.15, 0.2) is 5.78 Å². The summed E-state index contributed by atoms with van der Waals surface area (Å²) in [5.74, 6) is 2.15. The summed E-state index contributed by atoms with van der Waals surface area (Å²) in [6.45, 7) is 1.72. The quantitative estimate of drug-likeness (QED) is 0.559. The standard InChI is InChI=1S/C12H14N2O2/c1-5-6-13(3)12(16)11-7-10(9(2)15)8-14(11)4/h1,7-8H,6H2,2-4H3. The van der Waals surface area contributed by atoms with Crippen molar-refractivity contribution < 1.29 is 9.59 Å². The van der Waals surface area contributed by atoms with Gasteiger partial charge in [-0.05, 0) is 13.0 Å². The Morgan fingerprint density at radius 1 is 1.56 bits per heavy atom. The average Bonchev–Trinajstić information content (AvgIpc) is 2.60. The number of carbonyl (C=O) groups is 2. The Morgan fingerprint density at radius 2 is 2.19 bits per heavy atom. The molecule has 1 aromatic rings. The lowest BCUT2D eigenvalue weighted by Gasteiger charge is -2.13. The molecule has 0 saturated heterocycles. The predicted octanol–water partition coefficient (Wildman–Crippen LogP) is 0.933. The molecular weight excluding hydrogens is 204 g/mol. The number of carbonyl (C=O) groups excluding carboxylic acids is 2. The van der Waals surface area contributed by atoms with E-state index in [0.29, 0.717) is 11.3 Å². The summed E-state index contributed by atoms with van der Waals surface area (Å²) in [5.41, 5.74) is 0.989. The number of terminal acetylenes is 1. The molecule has 4 nitrogen and oxygen atoms in total. The number of aromatic nitrogens is 1. The van der Waals surface area contributed by atoms with E-state index in [4.69, 9.17) is 6.42 Å². The monoisotopic (exact) mass is 218 g/mol. The Balaban J connectivity index is 3.01. The highest BCUT2D eigenvalue weighted by molar-refractivity contribution is 5.99. The van der Waals surface area contributed by atoms with Crippen LogP contribution in [-0.4, -0.2) is 34.7 Å². The van der Waals surface area contributed by atoms with Gasteiger partial charge in [0.25, 0.3) is 5.91 Å². The van der Waals surface area contributed by atoms with Gasteiger partial charge in [-0.25, -0.2) is 0 Å². The van der Waals surface area contributed by atoms with Crippen LogP contribution in [0.5, 0.6) is 0 Å². The Labute approximate surface area is 94.9 Å². The Morgan fingerprint density at radius 3 is 2.62 bits per heavy atom. The van der Waals surface area contributed by atoms with Crippen molar-refractivity contribution in [2.45, 2.75) is 6.92 Å². The average molecular weight is 218 g/mol. The highest BCUT2D eigenvalue weighted by atomic mass is 16.2. The smallest absolute Gasteiger partial charge is 0.271 e. The van der Waals surface area contributed by atoms with E-state index in [2.05, 4.69) is 5.92 Å². The molecular formula is C12H14N2O2. The summed E-state index contributed by atoms with van der Waals surface area (Å²) >= 11 is 0. The zero-order valence-corrected chi connectivity index (χ0v) is 9.65. The second-order valence-corrected chi connectivity index (χ2v) is 3.65. The van der Waals surface area contributed by atoms with Crippen LogP contribution in [0.15, 0.2) is 12.3 Å². The van der Waals surface area contributed by atoms with E-state index in [-0.39, 0.29) is 18.2 Å². The second-order valence-electron chi connectivity index (χ2n) is 3.65. The molecule has 0 atom stereocenters. The van der Waals surface area contributed by atoms with E-state index in [9.17, 15) is 9.59 Å². The third-order valence-corrected chi connectivity index (χ3v) is 2.31. The van der Waals surface area contributed by atoms with Crippen molar-refractivity contribution in [2.75, 3.05) is 13.6 Å². The van der Waals surface area contributed by atoms with Crippen LogP contribution in [-0.2, 0) is 7.05 Å². The summed E-state index contributed by atoms with van der Waals surface area (Å²) in [6, 6.07) is 1.58. The second kappa shape index (κ2) is 4.67. The zero-order valence-electron chi connectivity index (χ0n) is 9.65. The van der Waals surface area contributed by atoms with Gasteiger partial charge < -0.3 is 9.47 Å². The van der Waals surface area contributed by atoms with Crippen LogP contribution in [0.3, 0.4) is 0 Å². The van der Waals surface area contributed by atoms with Crippen molar-refractivity contribution in [3.05, 3.63) is 23.5 Å². The van der Waals surface area contributed by atoms with Crippen LogP contribution >= 0.6 is 0 Å². The predicted molar refractivity (Wildman–Crippen MR) is 61.2 cm³/mol. The summed E-state index contributed by atoms with van der Waals surface area (Å²) in [6.07, 6.45) is 6.77. The first kappa shape index (κ1) is 12.1. The summed E-state index contributed by atoms with van der Waals surface area (Å²) in [4.78, 5) is 24.5. The molecule has 0 N–H and O–H groups in total. The van der Waals surface area contributed by atoms with Gasteiger partial charge in [0.2, 0.25) is 0 Å². The Bertz CT molecular complexity index is 466. The van der Waals surface area contributed by atoms with Gasteiger partial charge in [0.1, 0.15) is 5.69 Å². The summed E-state index contributed by atoms with van der Waals surface area (Å²) in [5, 5.41) is 0. The van der Waals surface area contributed by atoms with Gasteiger partial charge in [-0.1, -0.05) is 5.92 Å². The minimum absolute atomic E-state index is 0.0609. The molecule has 0 saturated carbocycles. The van der Waals surface area contributed by atoms with Gasteiger partial charge >= 0.3 is 0 Å². The van der Waals surface area contributed by atoms with E-state index >= 15 is 0 Å². The summed E-state index contributed by atoms with van der Waals surface area (Å²) in [7, 11) is 3.35. The van der Waals surface area contributed by atoms with Gasteiger partial charge in [-0.15, -0.1) is 6.42 Å². The van der Waals surface area contributed by atoms with Gasteiger partial charge in [-0.2, -0.15) is 0 Å². The fourth-order valence-corrected chi connectivity index (χ4v) is 1.37. The summed E-state index contributed by atoms with van der Waals surface area (Å²) < 4.78 is 1.63. The maximum atomic E-state index is 11.9. The molecule has 84 valence electrons. The van der Waals surface area contributed by atoms with Crippen LogP contribution in [0, 0.1) is 12.3 Å². The lowest BCUT2D eigenvalue weighted by molar-refractivity contribution is 0.0803. The lowest BCUT2D eigenvalue weighted by atomic mass is 10.2. The van der Waals surface area contributed by atoms with E-state index in [1.54, 1.807) is 30.9 Å². The molecule has 4 heteroatoms. The number of aryl methyl sites for hydroxylation is 1. The fourth-order valence-electron chi connectivity index (χ4n) is 1.37. The zero-order chi connectivity index (χ0) is 12.3. The number of hydrogen-bond acceptors (Lipinski definition) is 2. The first-order chi connectivity index (χ1) is 7.47. The third-order valence-electron chi connectivity index (χ3n) is 2.31. The highest BCUT2D eigenvalue weighted by Crippen LogP contribution is 2.10. The van der Waals surface area contributed by atoms with Crippen LogP contribution in [0.4, 0.5) is 0 Å². The number of amides is 1. The Hall–Kier alpha value is -2.02. The lowest BCUT2D eigenvalue weighted by Crippen LogP contribution is -2.28. The molecule has 1 heterocycles. The van der Waals surface area contributed by atoms with Crippen LogP contribution in [0.25, 0.3) is 0 Å². The van der Waals surface area contributed by atoms with Crippen molar-refractivity contribution in [2.24, 2.45) is 7.05 Å². The largest absolute Gasteiger partial charge is 0.346 e. The van der Waals surface area contributed by atoms with Crippen molar-refractivity contribution in [1.29, 1.82) is 0 Å². The minimum Gasteiger partial charge on any atom is -0.346 e. The Kier molecular flexibility index (Phi) is 3.51. The molecule has 0 radical (unpaired) electrons. The number of Topliss-reactive ketones (excluding diaryl/α,β-unsaturated/α-hetero) is 1. The van der Waals surface area contributed by atoms with Crippen LogP contribution in [0.2, 0.25) is 0 Å². The van der Waals surface area contributed by atoms with E-state index in [1.807, 2.05) is 0 Å². The topological polar surface area (TPSA) is 42.3 Å². The maximum Gasteiger partial charge on any atom is 0.271 e. The highest BCUT2D eigenvalue weighted by Gasteiger charge is 2.16.